The lowest BCUT2D eigenvalue weighted by atomic mass is 9.85. The van der Waals surface area contributed by atoms with E-state index in [1.54, 1.807) is 18.2 Å². The smallest absolute Gasteiger partial charge is 0.318 e. The zero-order valence-electron chi connectivity index (χ0n) is 16.4. The predicted molar refractivity (Wildman–Crippen MR) is 103 cm³/mol. The molecule has 2 aliphatic carbocycles. The number of urea groups is 1. The van der Waals surface area contributed by atoms with Crippen molar-refractivity contribution >= 4 is 12.0 Å². The number of carboxylic acid groups (broad SMARTS) is 1. The number of amides is 2. The number of aliphatic carboxylic acids is 1. The van der Waals surface area contributed by atoms with Crippen LogP contribution in [0, 0.1) is 0 Å². The van der Waals surface area contributed by atoms with Crippen molar-refractivity contribution in [3.63, 3.8) is 0 Å². The average molecular weight is 391 g/mol. The topological polar surface area (TPSA) is 102 Å². The zero-order chi connectivity index (χ0) is 20.3. The Hall–Kier alpha value is -2.48. The van der Waals surface area contributed by atoms with Crippen molar-refractivity contribution in [2.75, 3.05) is 20.2 Å². The van der Waals surface area contributed by atoms with Gasteiger partial charge in [0.05, 0.1) is 13.7 Å². The minimum Gasteiger partial charge on any atom is -0.504 e. The molecule has 2 amide bonds. The molecule has 0 heterocycles. The summed E-state index contributed by atoms with van der Waals surface area (Å²) in [7, 11) is 1.50. The first-order valence-electron chi connectivity index (χ1n) is 9.80. The van der Waals surface area contributed by atoms with E-state index in [9.17, 15) is 14.7 Å². The molecule has 3 rings (SSSR count). The number of likely N-dealkylation sites (N-methyl/N-ethyl adjacent to an activating group) is 1. The van der Waals surface area contributed by atoms with Gasteiger partial charge >= 0.3 is 12.0 Å². The molecule has 1 aromatic rings. The minimum absolute atomic E-state index is 0.0404. The lowest BCUT2D eigenvalue weighted by Crippen LogP contribution is -2.57. The van der Waals surface area contributed by atoms with Crippen LogP contribution in [-0.2, 0) is 11.3 Å². The van der Waals surface area contributed by atoms with Gasteiger partial charge in [-0.25, -0.2) is 4.79 Å². The maximum Gasteiger partial charge on any atom is 0.318 e. The first-order chi connectivity index (χ1) is 13.4. The fourth-order valence-electron chi connectivity index (χ4n) is 3.70. The Kier molecular flexibility index (Phi) is 6.28. The SMILES string of the molecule is CCN(CC(=O)O)C1CC(NC(=O)N(Cc2ccc(O)c(OC)c2)C2CC2)C1. The van der Waals surface area contributed by atoms with E-state index >= 15 is 0 Å². The highest BCUT2D eigenvalue weighted by molar-refractivity contribution is 5.75. The van der Waals surface area contributed by atoms with Gasteiger partial charge in [-0.05, 0) is 49.9 Å². The molecule has 8 nitrogen and oxygen atoms in total. The van der Waals surface area contributed by atoms with Gasteiger partial charge in [0.25, 0.3) is 0 Å². The standard InChI is InChI=1S/C20H29N3O5/c1-3-22(12-19(25)26)16-9-14(10-16)21-20(27)23(15-5-6-15)11-13-4-7-17(24)18(8-13)28-2/h4,7-8,14-16,24H,3,5-6,9-12H2,1-2H3,(H,21,27)(H,25,26). The van der Waals surface area contributed by atoms with Crippen LogP contribution < -0.4 is 10.1 Å². The number of phenols is 1. The summed E-state index contributed by atoms with van der Waals surface area (Å²) >= 11 is 0. The van der Waals surface area contributed by atoms with Crippen LogP contribution in [-0.4, -0.2) is 70.3 Å². The molecule has 0 unspecified atom stereocenters. The summed E-state index contributed by atoms with van der Waals surface area (Å²) in [5.41, 5.74) is 0.904. The van der Waals surface area contributed by atoms with E-state index in [1.165, 1.54) is 7.11 Å². The molecule has 0 spiro atoms. The van der Waals surface area contributed by atoms with Crippen molar-refractivity contribution in [2.45, 2.75) is 57.3 Å². The maximum absolute atomic E-state index is 12.8. The number of nitrogens with zero attached hydrogens (tertiary/aromatic N) is 2. The number of ether oxygens (including phenoxy) is 1. The molecule has 8 heteroatoms. The number of nitrogens with one attached hydrogen (secondary N) is 1. The number of hydrogen-bond donors (Lipinski definition) is 3. The molecule has 0 aromatic heterocycles. The maximum atomic E-state index is 12.8. The van der Waals surface area contributed by atoms with Crippen LogP contribution in [0.3, 0.4) is 0 Å². The Morgan fingerprint density at radius 3 is 2.54 bits per heavy atom. The number of carbonyl (C=O) groups excluding carboxylic acids is 1. The number of hydrogen-bond acceptors (Lipinski definition) is 5. The Balaban J connectivity index is 1.54. The molecule has 28 heavy (non-hydrogen) atoms. The number of methoxy groups -OCH3 is 1. The Morgan fingerprint density at radius 2 is 1.96 bits per heavy atom. The van der Waals surface area contributed by atoms with Crippen LogP contribution >= 0.6 is 0 Å². The fraction of sp³-hybridized carbons (Fsp3) is 0.600. The number of rotatable bonds is 9. The van der Waals surface area contributed by atoms with Gasteiger partial charge in [0.1, 0.15) is 0 Å². The third-order valence-electron chi connectivity index (χ3n) is 5.55. The monoisotopic (exact) mass is 391 g/mol. The molecule has 0 aliphatic heterocycles. The average Bonchev–Trinajstić information content (AvgIpc) is 3.46. The second-order valence-corrected chi connectivity index (χ2v) is 7.59. The Bertz CT molecular complexity index is 716. The number of aromatic hydroxyl groups is 1. The molecular weight excluding hydrogens is 362 g/mol. The van der Waals surface area contributed by atoms with Crippen molar-refractivity contribution in [1.82, 2.24) is 15.1 Å². The molecule has 0 bridgehead atoms. The van der Waals surface area contributed by atoms with Crippen molar-refractivity contribution in [2.24, 2.45) is 0 Å². The van der Waals surface area contributed by atoms with Gasteiger partial charge in [0, 0.05) is 24.7 Å². The Labute approximate surface area is 165 Å². The van der Waals surface area contributed by atoms with Gasteiger partial charge in [-0.3, -0.25) is 9.69 Å². The molecule has 0 atom stereocenters. The third kappa shape index (κ3) is 4.86. The lowest BCUT2D eigenvalue weighted by molar-refractivity contribution is -0.139. The molecule has 3 N–H and O–H groups in total. The van der Waals surface area contributed by atoms with E-state index in [0.29, 0.717) is 18.8 Å². The lowest BCUT2D eigenvalue weighted by Gasteiger charge is -2.42. The first kappa shape index (κ1) is 20.3. The third-order valence-corrected chi connectivity index (χ3v) is 5.55. The molecule has 2 fully saturated rings. The summed E-state index contributed by atoms with van der Waals surface area (Å²) in [4.78, 5) is 27.5. The van der Waals surface area contributed by atoms with Crippen LogP contribution in [0.1, 0.15) is 38.2 Å². The van der Waals surface area contributed by atoms with Gasteiger partial charge < -0.3 is 25.2 Å². The van der Waals surface area contributed by atoms with Crippen LogP contribution in [0.5, 0.6) is 11.5 Å². The van der Waals surface area contributed by atoms with E-state index in [0.717, 1.165) is 31.2 Å². The predicted octanol–water partition coefficient (Wildman–Crippen LogP) is 2.01. The summed E-state index contributed by atoms with van der Waals surface area (Å²) in [6.45, 7) is 3.15. The summed E-state index contributed by atoms with van der Waals surface area (Å²) in [5, 5.41) is 21.8. The van der Waals surface area contributed by atoms with Crippen LogP contribution in [0.2, 0.25) is 0 Å². The van der Waals surface area contributed by atoms with E-state index in [4.69, 9.17) is 9.84 Å². The second kappa shape index (κ2) is 8.68. The van der Waals surface area contributed by atoms with Crippen molar-refractivity contribution in [3.05, 3.63) is 23.8 Å². The molecule has 154 valence electrons. The van der Waals surface area contributed by atoms with Crippen LogP contribution in [0.25, 0.3) is 0 Å². The number of carbonyl (C=O) groups is 2. The molecule has 2 saturated carbocycles. The molecule has 0 radical (unpaired) electrons. The fourth-order valence-corrected chi connectivity index (χ4v) is 3.70. The summed E-state index contributed by atoms with van der Waals surface area (Å²) in [6, 6.07) is 5.58. The second-order valence-electron chi connectivity index (χ2n) is 7.59. The van der Waals surface area contributed by atoms with Crippen LogP contribution in [0.15, 0.2) is 18.2 Å². The number of benzene rings is 1. The number of phenolic OH excluding ortho intramolecular Hbond substituents is 1. The summed E-state index contributed by atoms with van der Waals surface area (Å²) < 4.78 is 5.15. The largest absolute Gasteiger partial charge is 0.504 e. The normalized spacial score (nSPS) is 21.1. The molecule has 0 saturated heterocycles. The van der Waals surface area contributed by atoms with Crippen molar-refractivity contribution in [1.29, 1.82) is 0 Å². The van der Waals surface area contributed by atoms with Crippen molar-refractivity contribution in [3.8, 4) is 11.5 Å². The first-order valence-corrected chi connectivity index (χ1v) is 9.80. The quantitative estimate of drug-likeness (QED) is 0.595. The Morgan fingerprint density at radius 1 is 1.25 bits per heavy atom. The van der Waals surface area contributed by atoms with Gasteiger partial charge in [0.2, 0.25) is 0 Å². The zero-order valence-corrected chi connectivity index (χ0v) is 16.4. The minimum atomic E-state index is -0.821. The highest BCUT2D eigenvalue weighted by Crippen LogP contribution is 2.32. The van der Waals surface area contributed by atoms with E-state index in [-0.39, 0.29) is 36.5 Å². The van der Waals surface area contributed by atoms with Crippen LogP contribution in [0.4, 0.5) is 4.79 Å². The highest BCUT2D eigenvalue weighted by Gasteiger charge is 2.38. The van der Waals surface area contributed by atoms with Gasteiger partial charge in [-0.15, -0.1) is 0 Å². The van der Waals surface area contributed by atoms with Crippen molar-refractivity contribution < 1.29 is 24.5 Å². The number of carboxylic acids is 1. The summed E-state index contributed by atoms with van der Waals surface area (Å²) in [5.74, 6) is -0.344. The summed E-state index contributed by atoms with van der Waals surface area (Å²) in [6.07, 6.45) is 3.55. The molecule has 2 aliphatic rings. The molecular formula is C20H29N3O5. The van der Waals surface area contributed by atoms with E-state index in [1.807, 2.05) is 16.7 Å². The van der Waals surface area contributed by atoms with Gasteiger partial charge in [0.15, 0.2) is 11.5 Å². The van der Waals surface area contributed by atoms with E-state index in [2.05, 4.69) is 5.32 Å². The molecule has 1 aromatic carbocycles. The van der Waals surface area contributed by atoms with Gasteiger partial charge in [-0.1, -0.05) is 13.0 Å². The van der Waals surface area contributed by atoms with Gasteiger partial charge in [-0.2, -0.15) is 0 Å². The van der Waals surface area contributed by atoms with E-state index < -0.39 is 5.97 Å². The highest BCUT2D eigenvalue weighted by atomic mass is 16.5.